The van der Waals surface area contributed by atoms with Crippen molar-refractivity contribution in [3.8, 4) is 0 Å². The molecule has 2 bridgehead atoms. The van der Waals surface area contributed by atoms with Gasteiger partial charge in [-0.2, -0.15) is 4.31 Å². The summed E-state index contributed by atoms with van der Waals surface area (Å²) >= 11 is 1.71. The summed E-state index contributed by atoms with van der Waals surface area (Å²) in [7, 11) is -3.32. The van der Waals surface area contributed by atoms with E-state index in [0.717, 1.165) is 40.9 Å². The molecule has 2 saturated heterocycles. The molecule has 0 spiro atoms. The molecule has 5 rings (SSSR count). The van der Waals surface area contributed by atoms with Crippen LogP contribution in [0, 0.1) is 0 Å². The summed E-state index contributed by atoms with van der Waals surface area (Å²) in [5, 5.41) is 1.11. The Morgan fingerprint density at radius 2 is 1.86 bits per heavy atom. The van der Waals surface area contributed by atoms with Gasteiger partial charge in [0.2, 0.25) is 10.0 Å². The highest BCUT2D eigenvalue weighted by Crippen LogP contribution is 2.39. The lowest BCUT2D eigenvalue weighted by Crippen LogP contribution is -2.53. The van der Waals surface area contributed by atoms with Gasteiger partial charge in [-0.15, -0.1) is 11.3 Å². The van der Waals surface area contributed by atoms with Crippen molar-refractivity contribution in [2.24, 2.45) is 0 Å². The van der Waals surface area contributed by atoms with Gasteiger partial charge in [0.15, 0.2) is 5.13 Å². The Morgan fingerprint density at radius 3 is 2.55 bits per heavy atom. The number of fused-ring (bicyclic) bond motifs is 3. The average Bonchev–Trinajstić information content (AvgIpc) is 3.25. The predicted molar refractivity (Wildman–Crippen MR) is 117 cm³/mol. The normalized spacial score (nSPS) is 25.3. The quantitative estimate of drug-likeness (QED) is 0.727. The molecule has 0 amide bonds. The molecule has 0 N–H and O–H groups in total. The number of hydrogen-bond acceptors (Lipinski definition) is 6. The lowest BCUT2D eigenvalue weighted by atomic mass is 10.2. The van der Waals surface area contributed by atoms with Crippen LogP contribution in [0.25, 0.3) is 0 Å². The van der Waals surface area contributed by atoms with Crippen LogP contribution in [0.15, 0.2) is 30.3 Å². The lowest BCUT2D eigenvalue weighted by Gasteiger charge is -2.40. The number of anilines is 1. The van der Waals surface area contributed by atoms with Crippen LogP contribution in [0.2, 0.25) is 0 Å². The Morgan fingerprint density at radius 1 is 1.14 bits per heavy atom. The maximum Gasteiger partial charge on any atom is 0.218 e. The zero-order chi connectivity index (χ0) is 20.0. The van der Waals surface area contributed by atoms with Gasteiger partial charge in [0.1, 0.15) is 0 Å². The molecule has 2 atom stereocenters. The van der Waals surface area contributed by atoms with Crippen molar-refractivity contribution >= 4 is 26.5 Å². The van der Waals surface area contributed by atoms with E-state index in [-0.39, 0.29) is 5.75 Å². The molecule has 2 fully saturated rings. The van der Waals surface area contributed by atoms with Gasteiger partial charge in [-0.3, -0.25) is 4.90 Å². The third-order valence-electron chi connectivity index (χ3n) is 6.50. The van der Waals surface area contributed by atoms with E-state index < -0.39 is 10.0 Å². The lowest BCUT2D eigenvalue weighted by molar-refractivity contribution is 0.230. The summed E-state index contributed by atoms with van der Waals surface area (Å²) in [5.41, 5.74) is 1.95. The first kappa shape index (κ1) is 19.5. The zero-order valence-corrected chi connectivity index (χ0v) is 18.5. The molecule has 6 nitrogen and oxygen atoms in total. The molecule has 0 aliphatic carbocycles. The average molecular weight is 433 g/mol. The smallest absolute Gasteiger partial charge is 0.218 e. The zero-order valence-electron chi connectivity index (χ0n) is 16.8. The molecule has 0 saturated carbocycles. The Bertz CT molecular complexity index is 962. The van der Waals surface area contributed by atoms with Crippen molar-refractivity contribution in [2.45, 2.75) is 50.6 Å². The number of benzene rings is 1. The third kappa shape index (κ3) is 3.71. The van der Waals surface area contributed by atoms with Crippen LogP contribution >= 0.6 is 11.3 Å². The van der Waals surface area contributed by atoms with E-state index in [2.05, 4.69) is 16.7 Å². The first-order valence-electron chi connectivity index (χ1n) is 10.5. The first-order chi connectivity index (χ1) is 14.0. The van der Waals surface area contributed by atoms with Crippen LogP contribution in [0.1, 0.15) is 35.9 Å². The van der Waals surface area contributed by atoms with Crippen molar-refractivity contribution in [1.29, 1.82) is 0 Å². The number of likely N-dealkylation sites (N-methyl/N-ethyl adjacent to an activating group) is 1. The highest BCUT2D eigenvalue weighted by Gasteiger charge is 2.41. The Labute approximate surface area is 177 Å². The van der Waals surface area contributed by atoms with Crippen molar-refractivity contribution in [3.63, 3.8) is 0 Å². The monoisotopic (exact) mass is 432 g/mol. The highest BCUT2D eigenvalue weighted by atomic mass is 32.2. The molecule has 8 heteroatoms. The fourth-order valence-corrected chi connectivity index (χ4v) is 7.78. The van der Waals surface area contributed by atoms with Crippen LogP contribution < -0.4 is 4.90 Å². The minimum atomic E-state index is -3.32. The maximum atomic E-state index is 13.0. The number of aromatic nitrogens is 1. The number of likely N-dealkylation sites (tertiary alicyclic amines) is 1. The Kier molecular flexibility index (Phi) is 5.14. The molecule has 29 heavy (non-hydrogen) atoms. The number of piperazine rings is 1. The molecule has 1 aromatic carbocycles. The third-order valence-corrected chi connectivity index (χ3v) is 9.39. The van der Waals surface area contributed by atoms with Gasteiger partial charge >= 0.3 is 0 Å². The van der Waals surface area contributed by atoms with Crippen LogP contribution in [0.4, 0.5) is 5.13 Å². The van der Waals surface area contributed by atoms with Crippen molar-refractivity contribution in [1.82, 2.24) is 14.2 Å². The van der Waals surface area contributed by atoms with E-state index in [4.69, 9.17) is 4.98 Å². The molecule has 156 valence electrons. The van der Waals surface area contributed by atoms with Crippen molar-refractivity contribution in [3.05, 3.63) is 46.5 Å². The van der Waals surface area contributed by atoms with E-state index >= 15 is 0 Å². The SMILES string of the molecule is CCN1CC2CCC(C1)N2c1nc2c(s1)CN(S(=O)(=O)Cc1ccccc1)CC2. The molecule has 3 aliphatic rings. The van der Waals surface area contributed by atoms with Crippen molar-refractivity contribution in [2.75, 3.05) is 31.1 Å². The minimum Gasteiger partial charge on any atom is -0.340 e. The summed E-state index contributed by atoms with van der Waals surface area (Å²) in [6.07, 6.45) is 3.19. The predicted octanol–water partition coefficient (Wildman–Crippen LogP) is 2.70. The van der Waals surface area contributed by atoms with Gasteiger partial charge in [-0.1, -0.05) is 37.3 Å². The van der Waals surface area contributed by atoms with E-state index in [0.29, 0.717) is 31.6 Å². The summed E-state index contributed by atoms with van der Waals surface area (Å²) < 4.78 is 27.5. The summed E-state index contributed by atoms with van der Waals surface area (Å²) in [6, 6.07) is 10.6. The van der Waals surface area contributed by atoms with Gasteiger partial charge in [0.25, 0.3) is 0 Å². The van der Waals surface area contributed by atoms with Crippen LogP contribution in [0.5, 0.6) is 0 Å². The fourth-order valence-electron chi connectivity index (χ4n) is 4.94. The van der Waals surface area contributed by atoms with E-state index in [9.17, 15) is 8.42 Å². The number of hydrogen-bond donors (Lipinski definition) is 0. The van der Waals surface area contributed by atoms with Gasteiger partial charge in [-0.05, 0) is 24.9 Å². The highest BCUT2D eigenvalue weighted by molar-refractivity contribution is 7.88. The van der Waals surface area contributed by atoms with Crippen LogP contribution in [0.3, 0.4) is 0 Å². The molecule has 4 heterocycles. The summed E-state index contributed by atoms with van der Waals surface area (Å²) in [4.78, 5) is 11.2. The number of rotatable bonds is 5. The summed E-state index contributed by atoms with van der Waals surface area (Å²) in [6.45, 7) is 6.59. The molecule has 3 aliphatic heterocycles. The molecule has 0 radical (unpaired) electrons. The van der Waals surface area contributed by atoms with E-state index in [1.54, 1.807) is 15.6 Å². The number of thiazole rings is 1. The van der Waals surface area contributed by atoms with Crippen LogP contribution in [-0.2, 0) is 28.7 Å². The van der Waals surface area contributed by atoms with E-state index in [1.807, 2.05) is 30.3 Å². The first-order valence-corrected chi connectivity index (χ1v) is 13.0. The topological polar surface area (TPSA) is 56.8 Å². The summed E-state index contributed by atoms with van der Waals surface area (Å²) in [5.74, 6) is 0.0674. The number of sulfonamides is 1. The van der Waals surface area contributed by atoms with Gasteiger partial charge in [0.05, 0.1) is 11.4 Å². The fraction of sp³-hybridized carbons (Fsp3) is 0.571. The Balaban J connectivity index is 1.33. The maximum absolute atomic E-state index is 13.0. The number of nitrogens with zero attached hydrogens (tertiary/aromatic N) is 4. The second-order valence-electron chi connectivity index (χ2n) is 8.34. The molecular weight excluding hydrogens is 404 g/mol. The molecular formula is C21H28N4O2S2. The Hall–Kier alpha value is -1.48. The van der Waals surface area contributed by atoms with Gasteiger partial charge in [-0.25, -0.2) is 13.4 Å². The van der Waals surface area contributed by atoms with Gasteiger partial charge < -0.3 is 4.90 Å². The molecule has 1 aromatic heterocycles. The second-order valence-corrected chi connectivity index (χ2v) is 11.4. The van der Waals surface area contributed by atoms with Gasteiger partial charge in [0, 0.05) is 49.6 Å². The van der Waals surface area contributed by atoms with E-state index in [1.165, 1.54) is 12.8 Å². The van der Waals surface area contributed by atoms with Crippen molar-refractivity contribution < 1.29 is 8.42 Å². The molecule has 2 aromatic rings. The van der Waals surface area contributed by atoms with Crippen LogP contribution in [-0.4, -0.2) is 60.9 Å². The largest absolute Gasteiger partial charge is 0.340 e. The second kappa shape index (κ2) is 7.65. The molecule has 2 unspecified atom stereocenters. The minimum absolute atomic E-state index is 0.0674. The standard InChI is InChI=1S/C21H28N4O2S2/c1-2-23-12-17-8-9-18(13-23)25(17)21-22-19-10-11-24(14-20(19)28-21)29(26,27)15-16-6-4-3-5-7-16/h3-7,17-18H,2,8-15H2,1H3.